The number of nitrogens with zero attached hydrogens (tertiary/aromatic N) is 3. The van der Waals surface area contributed by atoms with Crippen molar-refractivity contribution < 1.29 is 4.21 Å². The van der Waals surface area contributed by atoms with Gasteiger partial charge in [0.15, 0.2) is 0 Å². The molecule has 2 aromatic rings. The van der Waals surface area contributed by atoms with E-state index in [1.165, 1.54) is 0 Å². The second-order valence-corrected chi connectivity index (χ2v) is 6.94. The Labute approximate surface area is 120 Å². The van der Waals surface area contributed by atoms with Gasteiger partial charge in [-0.1, -0.05) is 0 Å². The summed E-state index contributed by atoms with van der Waals surface area (Å²) in [5.41, 5.74) is 1.89. The lowest BCUT2D eigenvalue weighted by atomic mass is 10.2. The van der Waals surface area contributed by atoms with Crippen molar-refractivity contribution in [3.05, 3.63) is 24.3 Å². The maximum absolute atomic E-state index is 11.3. The zero-order chi connectivity index (χ0) is 14.0. The Bertz CT molecular complexity index is 597. The molecule has 0 N–H and O–H groups in total. The van der Waals surface area contributed by atoms with E-state index >= 15 is 0 Å². The Morgan fingerprint density at radius 1 is 1.47 bits per heavy atom. The number of pyridine rings is 1. The van der Waals surface area contributed by atoms with Crippen molar-refractivity contribution in [1.82, 2.24) is 14.5 Å². The molecule has 3 atom stereocenters. The number of alkyl halides is 1. The van der Waals surface area contributed by atoms with Crippen LogP contribution < -0.4 is 0 Å². The molecule has 3 unspecified atom stereocenters. The molecule has 0 saturated carbocycles. The highest BCUT2D eigenvalue weighted by Gasteiger charge is 2.19. The lowest BCUT2D eigenvalue weighted by molar-refractivity contribution is 0.523. The van der Waals surface area contributed by atoms with Crippen LogP contribution in [0.5, 0.6) is 0 Å². The Kier molecular flexibility index (Phi) is 4.58. The molecule has 0 aliphatic heterocycles. The lowest BCUT2D eigenvalue weighted by Crippen LogP contribution is -2.12. The van der Waals surface area contributed by atoms with Gasteiger partial charge in [0.1, 0.15) is 11.3 Å². The summed E-state index contributed by atoms with van der Waals surface area (Å²) in [5.74, 6) is 1.53. The van der Waals surface area contributed by atoms with E-state index in [4.69, 9.17) is 11.6 Å². The van der Waals surface area contributed by atoms with E-state index in [1.807, 2.05) is 13.0 Å². The predicted molar refractivity (Wildman–Crippen MR) is 80.1 cm³/mol. The highest BCUT2D eigenvalue weighted by Crippen LogP contribution is 2.28. The predicted octanol–water partition coefficient (Wildman–Crippen LogP) is 3.06. The van der Waals surface area contributed by atoms with Gasteiger partial charge in [-0.05, 0) is 26.3 Å². The van der Waals surface area contributed by atoms with Gasteiger partial charge >= 0.3 is 0 Å². The topological polar surface area (TPSA) is 47.8 Å². The van der Waals surface area contributed by atoms with Crippen LogP contribution in [-0.2, 0) is 10.8 Å². The van der Waals surface area contributed by atoms with Crippen LogP contribution in [0.15, 0.2) is 18.5 Å². The van der Waals surface area contributed by atoms with Crippen LogP contribution in [-0.4, -0.2) is 30.8 Å². The molecule has 0 bridgehead atoms. The summed E-state index contributed by atoms with van der Waals surface area (Å²) in [5, 5.41) is -0.165. The second-order valence-electron chi connectivity index (χ2n) is 4.74. The number of rotatable bonds is 5. The summed E-state index contributed by atoms with van der Waals surface area (Å²) in [6, 6.07) is 2.16. The van der Waals surface area contributed by atoms with Gasteiger partial charge in [0.05, 0.1) is 17.1 Å². The zero-order valence-corrected chi connectivity index (χ0v) is 12.9. The van der Waals surface area contributed by atoms with Gasteiger partial charge in [-0.3, -0.25) is 9.19 Å². The molecule has 4 nitrogen and oxygen atoms in total. The van der Waals surface area contributed by atoms with Gasteiger partial charge in [0.2, 0.25) is 0 Å². The molecule has 2 aromatic heterocycles. The van der Waals surface area contributed by atoms with Crippen LogP contribution in [0.4, 0.5) is 0 Å². The molecule has 0 saturated heterocycles. The van der Waals surface area contributed by atoms with Gasteiger partial charge < -0.3 is 4.57 Å². The minimum Gasteiger partial charge on any atom is -0.324 e. The Morgan fingerprint density at radius 2 is 2.21 bits per heavy atom. The summed E-state index contributed by atoms with van der Waals surface area (Å²) in [6.07, 6.45) is 6.08. The molecular formula is C13H18ClN3OS. The third-order valence-corrected chi connectivity index (χ3v) is 4.14. The van der Waals surface area contributed by atoms with Gasteiger partial charge in [-0.25, -0.2) is 4.98 Å². The first kappa shape index (κ1) is 14.5. The molecule has 19 heavy (non-hydrogen) atoms. The highest BCUT2D eigenvalue weighted by molar-refractivity contribution is 7.84. The lowest BCUT2D eigenvalue weighted by Gasteiger charge is -2.18. The SMILES string of the molecule is CC(Cl)c1nc2cnccc2n1C(C)CCS(C)=O. The minimum atomic E-state index is -0.778. The van der Waals surface area contributed by atoms with E-state index < -0.39 is 10.8 Å². The smallest absolute Gasteiger partial charge is 0.128 e. The monoisotopic (exact) mass is 299 g/mol. The van der Waals surface area contributed by atoms with E-state index in [0.717, 1.165) is 23.3 Å². The standard InChI is InChI=1S/C13H18ClN3OS/c1-9(5-7-19(3)18)17-12-4-6-15-8-11(12)16-13(17)10(2)14/h4,6,8-10H,5,7H2,1-3H3. The fourth-order valence-electron chi connectivity index (χ4n) is 2.18. The van der Waals surface area contributed by atoms with Crippen molar-refractivity contribution in [3.63, 3.8) is 0 Å². The molecule has 0 aromatic carbocycles. The first-order valence-electron chi connectivity index (χ1n) is 6.26. The van der Waals surface area contributed by atoms with Crippen molar-refractivity contribution in [2.24, 2.45) is 0 Å². The first-order chi connectivity index (χ1) is 9.00. The van der Waals surface area contributed by atoms with Crippen molar-refractivity contribution in [2.45, 2.75) is 31.7 Å². The van der Waals surface area contributed by atoms with Gasteiger partial charge in [0.25, 0.3) is 0 Å². The maximum Gasteiger partial charge on any atom is 0.128 e. The quantitative estimate of drug-likeness (QED) is 0.797. The molecule has 2 rings (SSSR count). The summed E-state index contributed by atoms with van der Waals surface area (Å²) in [6.45, 7) is 4.02. The number of halogens is 1. The van der Waals surface area contributed by atoms with E-state index in [-0.39, 0.29) is 11.4 Å². The van der Waals surface area contributed by atoms with Crippen molar-refractivity contribution in [1.29, 1.82) is 0 Å². The zero-order valence-electron chi connectivity index (χ0n) is 11.3. The van der Waals surface area contributed by atoms with Crippen LogP contribution in [0.1, 0.15) is 37.5 Å². The van der Waals surface area contributed by atoms with Crippen LogP contribution >= 0.6 is 11.6 Å². The van der Waals surface area contributed by atoms with E-state index in [2.05, 4.69) is 21.5 Å². The fraction of sp³-hybridized carbons (Fsp3) is 0.538. The fourth-order valence-corrected chi connectivity index (χ4v) is 3.01. The second kappa shape index (κ2) is 6.01. The molecule has 0 radical (unpaired) electrons. The third-order valence-electron chi connectivity index (χ3n) is 3.14. The van der Waals surface area contributed by atoms with Gasteiger partial charge in [-0.2, -0.15) is 0 Å². The molecule has 0 spiro atoms. The van der Waals surface area contributed by atoms with E-state index in [9.17, 15) is 4.21 Å². The molecule has 0 aliphatic rings. The van der Waals surface area contributed by atoms with Crippen LogP contribution in [0.2, 0.25) is 0 Å². The molecule has 0 fully saturated rings. The van der Waals surface area contributed by atoms with Crippen LogP contribution in [0, 0.1) is 0 Å². The first-order valence-corrected chi connectivity index (χ1v) is 8.43. The summed E-state index contributed by atoms with van der Waals surface area (Å²) < 4.78 is 13.4. The number of aromatic nitrogens is 3. The average Bonchev–Trinajstić information content (AvgIpc) is 2.75. The van der Waals surface area contributed by atoms with Crippen LogP contribution in [0.3, 0.4) is 0 Å². The van der Waals surface area contributed by atoms with Crippen LogP contribution in [0.25, 0.3) is 11.0 Å². The number of fused-ring (bicyclic) bond motifs is 1. The minimum absolute atomic E-state index is 0.165. The average molecular weight is 300 g/mol. The highest BCUT2D eigenvalue weighted by atomic mass is 35.5. The van der Waals surface area contributed by atoms with E-state index in [0.29, 0.717) is 5.75 Å². The van der Waals surface area contributed by atoms with Crippen molar-refractivity contribution in [3.8, 4) is 0 Å². The molecule has 6 heteroatoms. The van der Waals surface area contributed by atoms with Crippen molar-refractivity contribution in [2.75, 3.05) is 12.0 Å². The van der Waals surface area contributed by atoms with Crippen molar-refractivity contribution >= 4 is 33.4 Å². The summed E-state index contributed by atoms with van der Waals surface area (Å²) >= 11 is 6.22. The van der Waals surface area contributed by atoms with Gasteiger partial charge in [-0.15, -0.1) is 11.6 Å². The maximum atomic E-state index is 11.3. The largest absolute Gasteiger partial charge is 0.324 e. The molecule has 0 aliphatic carbocycles. The number of hydrogen-bond donors (Lipinski definition) is 0. The normalized spacial score (nSPS) is 16.4. The molecule has 104 valence electrons. The Morgan fingerprint density at radius 3 is 2.84 bits per heavy atom. The molecular weight excluding hydrogens is 282 g/mol. The molecule has 2 heterocycles. The molecule has 0 amide bonds. The number of hydrogen-bond acceptors (Lipinski definition) is 3. The summed E-state index contributed by atoms with van der Waals surface area (Å²) in [4.78, 5) is 8.65. The summed E-state index contributed by atoms with van der Waals surface area (Å²) in [7, 11) is -0.778. The Hall–Kier alpha value is -0.940. The Balaban J connectivity index is 2.43. The van der Waals surface area contributed by atoms with E-state index in [1.54, 1.807) is 18.6 Å². The third kappa shape index (κ3) is 3.15. The number of imidazole rings is 1. The van der Waals surface area contributed by atoms with Gasteiger partial charge in [0, 0.05) is 35.0 Å².